The lowest BCUT2D eigenvalue weighted by Gasteiger charge is -2.13. The molecule has 0 unspecified atom stereocenters. The smallest absolute Gasteiger partial charge is 0.364 e. The van der Waals surface area contributed by atoms with Crippen LogP contribution in [-0.2, 0) is 6.18 Å². The lowest BCUT2D eigenvalue weighted by atomic mass is 10.1. The largest absolute Gasteiger partial charge is 0.417 e. The Labute approximate surface area is 167 Å². The van der Waals surface area contributed by atoms with Gasteiger partial charge in [0.05, 0.1) is 17.5 Å². The molecule has 0 fully saturated rings. The molecule has 0 aliphatic carbocycles. The Morgan fingerprint density at radius 3 is 2.03 bits per heavy atom. The van der Waals surface area contributed by atoms with Crippen LogP contribution in [0.4, 0.5) is 24.5 Å². The normalized spacial score (nSPS) is 11.0. The van der Waals surface area contributed by atoms with Gasteiger partial charge in [-0.15, -0.1) is 0 Å². The number of primary amides is 1. The SMILES string of the molecule is NC(=O)c1nc[nH]c1C(=O)Nc1ccc(NC(=O)c2ccccc2C(F)(F)F)cc1. The Bertz CT molecular complexity index is 1110. The van der Waals surface area contributed by atoms with Crippen molar-refractivity contribution < 1.29 is 27.6 Å². The maximum absolute atomic E-state index is 13.1. The van der Waals surface area contributed by atoms with Gasteiger partial charge in [0.1, 0.15) is 5.69 Å². The first-order valence-corrected chi connectivity index (χ1v) is 8.39. The van der Waals surface area contributed by atoms with E-state index in [9.17, 15) is 27.6 Å². The summed E-state index contributed by atoms with van der Waals surface area (Å²) in [6.07, 6.45) is -3.52. The molecule has 0 aliphatic heterocycles. The average Bonchev–Trinajstić information content (AvgIpc) is 3.19. The third-order valence-electron chi connectivity index (χ3n) is 3.98. The van der Waals surface area contributed by atoms with Crippen LogP contribution in [-0.4, -0.2) is 27.7 Å². The molecule has 0 bridgehead atoms. The second-order valence-corrected chi connectivity index (χ2v) is 6.02. The Morgan fingerprint density at radius 1 is 0.900 bits per heavy atom. The molecule has 1 heterocycles. The summed E-state index contributed by atoms with van der Waals surface area (Å²) in [5.41, 5.74) is 3.75. The first kappa shape index (κ1) is 20.6. The van der Waals surface area contributed by atoms with Crippen LogP contribution in [0, 0.1) is 0 Å². The maximum Gasteiger partial charge on any atom is 0.417 e. The van der Waals surface area contributed by atoms with Crippen LogP contribution in [0.25, 0.3) is 0 Å². The van der Waals surface area contributed by atoms with Crippen molar-refractivity contribution in [1.82, 2.24) is 9.97 Å². The minimum atomic E-state index is -4.67. The number of nitrogens with two attached hydrogens (primary N) is 1. The van der Waals surface area contributed by atoms with Gasteiger partial charge in [-0.2, -0.15) is 13.2 Å². The average molecular weight is 417 g/mol. The molecule has 3 amide bonds. The van der Waals surface area contributed by atoms with Crippen molar-refractivity contribution in [3.8, 4) is 0 Å². The zero-order valence-corrected chi connectivity index (χ0v) is 15.1. The minimum absolute atomic E-state index is 0.122. The summed E-state index contributed by atoms with van der Waals surface area (Å²) in [5.74, 6) is -2.47. The van der Waals surface area contributed by atoms with Crippen LogP contribution >= 0.6 is 0 Å². The molecule has 0 aliphatic rings. The highest BCUT2D eigenvalue weighted by Gasteiger charge is 2.34. The summed E-state index contributed by atoms with van der Waals surface area (Å²) in [5, 5.41) is 4.88. The van der Waals surface area contributed by atoms with E-state index in [2.05, 4.69) is 20.6 Å². The van der Waals surface area contributed by atoms with E-state index in [4.69, 9.17) is 5.73 Å². The Morgan fingerprint density at radius 2 is 1.47 bits per heavy atom. The standard InChI is InChI=1S/C19H14F3N5O3/c20-19(21,22)13-4-2-1-3-12(13)17(29)26-10-5-7-11(8-6-10)27-18(30)15-14(16(23)28)24-9-25-15/h1-9H,(H2,23,28)(H,24,25)(H,26,29)(H,27,30). The fraction of sp³-hybridized carbons (Fsp3) is 0.0526. The first-order chi connectivity index (χ1) is 14.2. The molecule has 8 nitrogen and oxygen atoms in total. The van der Waals surface area contributed by atoms with Crippen molar-refractivity contribution in [2.24, 2.45) is 5.73 Å². The number of nitrogens with zero attached hydrogens (tertiary/aromatic N) is 1. The second kappa shape index (κ2) is 8.07. The quantitative estimate of drug-likeness (QED) is 0.508. The van der Waals surface area contributed by atoms with Crippen molar-refractivity contribution in [2.75, 3.05) is 10.6 Å². The molecule has 154 valence electrons. The first-order valence-electron chi connectivity index (χ1n) is 8.39. The fourth-order valence-electron chi connectivity index (χ4n) is 2.61. The highest BCUT2D eigenvalue weighted by molar-refractivity contribution is 6.10. The van der Waals surface area contributed by atoms with Gasteiger partial charge < -0.3 is 21.4 Å². The number of aromatic amines is 1. The lowest BCUT2D eigenvalue weighted by Crippen LogP contribution is -2.20. The predicted octanol–water partition coefficient (Wildman–Crippen LogP) is 3.03. The third-order valence-corrected chi connectivity index (χ3v) is 3.98. The molecule has 0 saturated carbocycles. The number of hydrogen-bond donors (Lipinski definition) is 4. The van der Waals surface area contributed by atoms with E-state index in [1.165, 1.54) is 36.4 Å². The summed E-state index contributed by atoms with van der Waals surface area (Å²) >= 11 is 0. The van der Waals surface area contributed by atoms with Gasteiger partial charge in [-0.3, -0.25) is 14.4 Å². The molecular formula is C19H14F3N5O3. The molecule has 30 heavy (non-hydrogen) atoms. The summed E-state index contributed by atoms with van der Waals surface area (Å²) in [6.45, 7) is 0. The zero-order valence-electron chi connectivity index (χ0n) is 15.1. The number of imidazole rings is 1. The van der Waals surface area contributed by atoms with E-state index in [-0.39, 0.29) is 17.1 Å². The lowest BCUT2D eigenvalue weighted by molar-refractivity contribution is -0.137. The van der Waals surface area contributed by atoms with Gasteiger partial charge in [0.2, 0.25) is 0 Å². The van der Waals surface area contributed by atoms with Crippen molar-refractivity contribution in [3.05, 3.63) is 77.4 Å². The molecule has 3 aromatic rings. The number of halogens is 3. The Hall–Kier alpha value is -4.15. The van der Waals surface area contributed by atoms with Crippen molar-refractivity contribution in [1.29, 1.82) is 0 Å². The molecule has 0 atom stereocenters. The number of rotatable bonds is 5. The maximum atomic E-state index is 13.1. The molecule has 5 N–H and O–H groups in total. The monoisotopic (exact) mass is 417 g/mol. The number of anilines is 2. The Balaban J connectivity index is 1.71. The molecule has 1 aromatic heterocycles. The zero-order chi connectivity index (χ0) is 21.9. The van der Waals surface area contributed by atoms with Gasteiger partial charge in [0, 0.05) is 11.4 Å². The van der Waals surface area contributed by atoms with E-state index >= 15 is 0 Å². The molecule has 3 rings (SSSR count). The summed E-state index contributed by atoms with van der Waals surface area (Å²) in [7, 11) is 0. The molecule has 0 saturated heterocycles. The number of carbonyl (C=O) groups is 3. The highest BCUT2D eigenvalue weighted by atomic mass is 19.4. The van der Waals surface area contributed by atoms with Gasteiger partial charge in [-0.1, -0.05) is 12.1 Å². The van der Waals surface area contributed by atoms with Crippen LogP contribution in [0.15, 0.2) is 54.9 Å². The topological polar surface area (TPSA) is 130 Å². The molecule has 11 heteroatoms. The number of H-pyrrole nitrogens is 1. The second-order valence-electron chi connectivity index (χ2n) is 6.02. The number of hydrogen-bond acceptors (Lipinski definition) is 4. The van der Waals surface area contributed by atoms with E-state index in [0.29, 0.717) is 5.69 Å². The molecule has 0 spiro atoms. The van der Waals surface area contributed by atoms with Crippen molar-refractivity contribution in [2.45, 2.75) is 6.18 Å². The van der Waals surface area contributed by atoms with E-state index in [1.54, 1.807) is 0 Å². The van der Waals surface area contributed by atoms with Crippen LogP contribution in [0.5, 0.6) is 0 Å². The van der Waals surface area contributed by atoms with Crippen LogP contribution in [0.3, 0.4) is 0 Å². The number of amides is 3. The minimum Gasteiger partial charge on any atom is -0.364 e. The van der Waals surface area contributed by atoms with E-state index in [0.717, 1.165) is 18.5 Å². The van der Waals surface area contributed by atoms with Gasteiger partial charge in [0.15, 0.2) is 5.69 Å². The number of benzene rings is 2. The van der Waals surface area contributed by atoms with Gasteiger partial charge in [0.25, 0.3) is 17.7 Å². The summed E-state index contributed by atoms with van der Waals surface area (Å²) < 4.78 is 39.2. The number of nitrogens with one attached hydrogen (secondary N) is 3. The predicted molar refractivity (Wildman–Crippen MR) is 101 cm³/mol. The third kappa shape index (κ3) is 4.46. The number of carbonyl (C=O) groups excluding carboxylic acids is 3. The fourth-order valence-corrected chi connectivity index (χ4v) is 2.61. The van der Waals surface area contributed by atoms with Crippen LogP contribution < -0.4 is 16.4 Å². The summed E-state index contributed by atoms with van der Waals surface area (Å²) in [4.78, 5) is 41.9. The highest BCUT2D eigenvalue weighted by Crippen LogP contribution is 2.32. The van der Waals surface area contributed by atoms with Gasteiger partial charge in [-0.25, -0.2) is 4.98 Å². The van der Waals surface area contributed by atoms with E-state index in [1.807, 2.05) is 0 Å². The van der Waals surface area contributed by atoms with Crippen LogP contribution in [0.2, 0.25) is 0 Å². The summed E-state index contributed by atoms with van der Waals surface area (Å²) in [6, 6.07) is 10.1. The number of aromatic nitrogens is 2. The van der Waals surface area contributed by atoms with Gasteiger partial charge in [-0.05, 0) is 36.4 Å². The molecular weight excluding hydrogens is 403 g/mol. The number of alkyl halides is 3. The molecule has 2 aromatic carbocycles. The van der Waals surface area contributed by atoms with Crippen LogP contribution in [0.1, 0.15) is 36.9 Å². The van der Waals surface area contributed by atoms with Crippen molar-refractivity contribution in [3.63, 3.8) is 0 Å². The Kier molecular flexibility index (Phi) is 5.54. The van der Waals surface area contributed by atoms with Gasteiger partial charge >= 0.3 is 6.18 Å². The van der Waals surface area contributed by atoms with E-state index < -0.39 is 35.0 Å². The molecule has 0 radical (unpaired) electrons. The van der Waals surface area contributed by atoms with Crippen molar-refractivity contribution >= 4 is 29.1 Å².